The number of furan rings is 1. The molecule has 2 amide bonds. The monoisotopic (exact) mass is 400 g/mol. The minimum atomic E-state index is -1.03. The number of ether oxygens (including phenoxy) is 2. The van der Waals surface area contributed by atoms with Gasteiger partial charge in [0.25, 0.3) is 11.8 Å². The number of benzene rings is 1. The molecule has 154 valence electrons. The van der Waals surface area contributed by atoms with Crippen molar-refractivity contribution in [3.8, 4) is 5.75 Å². The smallest absolute Gasteiger partial charge is 0.329 e. The molecule has 0 radical (unpaired) electrons. The zero-order valence-electron chi connectivity index (χ0n) is 16.6. The van der Waals surface area contributed by atoms with Crippen molar-refractivity contribution in [3.63, 3.8) is 0 Å². The summed E-state index contributed by atoms with van der Waals surface area (Å²) in [5.74, 6) is -0.781. The van der Waals surface area contributed by atoms with E-state index in [1.165, 1.54) is 25.2 Å². The minimum Gasteiger partial charge on any atom is -0.495 e. The summed E-state index contributed by atoms with van der Waals surface area (Å²) in [6.45, 7) is 3.81. The summed E-state index contributed by atoms with van der Waals surface area (Å²) in [5.41, 5.74) is 1.44. The summed E-state index contributed by atoms with van der Waals surface area (Å²) >= 11 is 0. The third kappa shape index (κ3) is 4.59. The Kier molecular flexibility index (Phi) is 6.21. The fourth-order valence-electron chi connectivity index (χ4n) is 3.26. The Balaban J connectivity index is 1.63. The van der Waals surface area contributed by atoms with Gasteiger partial charge in [0, 0.05) is 6.54 Å². The molecule has 1 saturated heterocycles. The predicted octanol–water partition coefficient (Wildman–Crippen LogP) is 2.77. The Morgan fingerprint density at radius 1 is 1.28 bits per heavy atom. The number of esters is 1. The number of nitrogens with one attached hydrogen (secondary N) is 1. The molecule has 29 heavy (non-hydrogen) atoms. The first-order valence-corrected chi connectivity index (χ1v) is 9.41. The van der Waals surface area contributed by atoms with E-state index < -0.39 is 24.0 Å². The van der Waals surface area contributed by atoms with Gasteiger partial charge in [0.1, 0.15) is 11.8 Å². The van der Waals surface area contributed by atoms with E-state index in [2.05, 4.69) is 5.32 Å². The average molecular weight is 400 g/mol. The van der Waals surface area contributed by atoms with Crippen molar-refractivity contribution in [2.24, 2.45) is 0 Å². The summed E-state index contributed by atoms with van der Waals surface area (Å²) in [4.78, 5) is 39.1. The quantitative estimate of drug-likeness (QED) is 0.749. The molecule has 1 aliphatic heterocycles. The van der Waals surface area contributed by atoms with Gasteiger partial charge in [-0.05, 0) is 56.5 Å². The third-order valence-electron chi connectivity index (χ3n) is 4.79. The van der Waals surface area contributed by atoms with Gasteiger partial charge in [-0.2, -0.15) is 0 Å². The van der Waals surface area contributed by atoms with Crippen LogP contribution in [-0.2, 0) is 14.3 Å². The highest BCUT2D eigenvalue weighted by Gasteiger charge is 2.37. The first kappa shape index (κ1) is 20.4. The minimum absolute atomic E-state index is 0.169. The molecule has 0 unspecified atom stereocenters. The first-order chi connectivity index (χ1) is 13.9. The lowest BCUT2D eigenvalue weighted by Crippen LogP contribution is -2.43. The highest BCUT2D eigenvalue weighted by Crippen LogP contribution is 2.26. The van der Waals surface area contributed by atoms with Gasteiger partial charge in [-0.3, -0.25) is 9.59 Å². The predicted molar refractivity (Wildman–Crippen MR) is 105 cm³/mol. The van der Waals surface area contributed by atoms with Crippen molar-refractivity contribution < 1.29 is 28.3 Å². The highest BCUT2D eigenvalue weighted by molar-refractivity contribution is 5.98. The van der Waals surface area contributed by atoms with E-state index in [0.29, 0.717) is 30.8 Å². The van der Waals surface area contributed by atoms with E-state index in [1.807, 2.05) is 13.0 Å². The zero-order valence-corrected chi connectivity index (χ0v) is 16.6. The number of hydrogen-bond acceptors (Lipinski definition) is 6. The van der Waals surface area contributed by atoms with Crippen LogP contribution in [0.2, 0.25) is 0 Å². The fourth-order valence-corrected chi connectivity index (χ4v) is 3.26. The Morgan fingerprint density at radius 2 is 2.07 bits per heavy atom. The molecule has 1 aliphatic rings. The normalized spacial score (nSPS) is 16.9. The number of likely N-dealkylation sites (tertiary alicyclic amines) is 1. The van der Waals surface area contributed by atoms with Crippen LogP contribution in [0, 0.1) is 6.92 Å². The van der Waals surface area contributed by atoms with Crippen LogP contribution in [0.4, 0.5) is 5.69 Å². The van der Waals surface area contributed by atoms with E-state index in [0.717, 1.165) is 5.56 Å². The van der Waals surface area contributed by atoms with Gasteiger partial charge in [0.2, 0.25) is 0 Å². The van der Waals surface area contributed by atoms with Crippen LogP contribution in [-0.4, -0.2) is 48.5 Å². The third-order valence-corrected chi connectivity index (χ3v) is 4.79. The number of carbonyl (C=O) groups is 3. The Hall–Kier alpha value is -3.29. The van der Waals surface area contributed by atoms with Gasteiger partial charge in [-0.25, -0.2) is 4.79 Å². The number of rotatable bonds is 6. The van der Waals surface area contributed by atoms with Crippen molar-refractivity contribution >= 4 is 23.5 Å². The van der Waals surface area contributed by atoms with Crippen LogP contribution in [0.3, 0.4) is 0 Å². The Labute approximate surface area is 168 Å². The van der Waals surface area contributed by atoms with Gasteiger partial charge in [0.05, 0.1) is 19.1 Å². The zero-order chi connectivity index (χ0) is 21.0. The number of aryl methyl sites for hydroxylation is 1. The van der Waals surface area contributed by atoms with Gasteiger partial charge in [-0.15, -0.1) is 0 Å². The maximum atomic E-state index is 12.6. The lowest BCUT2D eigenvalue weighted by atomic mass is 10.2. The molecule has 2 heterocycles. The van der Waals surface area contributed by atoms with Gasteiger partial charge in [-0.1, -0.05) is 6.07 Å². The molecule has 0 bridgehead atoms. The van der Waals surface area contributed by atoms with Crippen molar-refractivity contribution in [1.29, 1.82) is 0 Å². The maximum Gasteiger partial charge on any atom is 0.329 e. The number of amides is 2. The topological polar surface area (TPSA) is 98.1 Å². The lowest BCUT2D eigenvalue weighted by molar-refractivity contribution is -0.156. The summed E-state index contributed by atoms with van der Waals surface area (Å²) in [5, 5.41) is 2.72. The Bertz CT molecular complexity index is 893. The SMILES string of the molecule is COc1ccc(C)cc1NC(=O)[C@H](C)OC(=O)[C@@H]1CCCN1C(=O)c1ccco1. The van der Waals surface area contributed by atoms with Crippen molar-refractivity contribution in [1.82, 2.24) is 4.90 Å². The number of nitrogens with zero attached hydrogens (tertiary/aromatic N) is 1. The van der Waals surface area contributed by atoms with Crippen LogP contribution < -0.4 is 10.1 Å². The van der Waals surface area contributed by atoms with E-state index in [4.69, 9.17) is 13.9 Å². The number of anilines is 1. The molecule has 1 fully saturated rings. The summed E-state index contributed by atoms with van der Waals surface area (Å²) < 4.78 is 15.7. The fraction of sp³-hybridized carbons (Fsp3) is 0.381. The number of hydrogen-bond donors (Lipinski definition) is 1. The van der Waals surface area contributed by atoms with Crippen molar-refractivity contribution in [2.75, 3.05) is 19.0 Å². The van der Waals surface area contributed by atoms with E-state index >= 15 is 0 Å². The van der Waals surface area contributed by atoms with Crippen LogP contribution in [0.1, 0.15) is 35.9 Å². The number of carbonyl (C=O) groups excluding carboxylic acids is 3. The van der Waals surface area contributed by atoms with Crippen LogP contribution >= 0.6 is 0 Å². The molecular formula is C21H24N2O6. The number of methoxy groups -OCH3 is 1. The highest BCUT2D eigenvalue weighted by atomic mass is 16.5. The van der Waals surface area contributed by atoms with E-state index in [1.54, 1.807) is 24.3 Å². The molecule has 0 saturated carbocycles. The van der Waals surface area contributed by atoms with Crippen molar-refractivity contribution in [2.45, 2.75) is 38.8 Å². The van der Waals surface area contributed by atoms with Gasteiger partial charge >= 0.3 is 5.97 Å². The van der Waals surface area contributed by atoms with Crippen LogP contribution in [0.15, 0.2) is 41.0 Å². The van der Waals surface area contributed by atoms with Crippen LogP contribution in [0.5, 0.6) is 5.75 Å². The summed E-state index contributed by atoms with van der Waals surface area (Å²) in [6, 6.07) is 7.81. The Morgan fingerprint density at radius 3 is 2.76 bits per heavy atom. The largest absolute Gasteiger partial charge is 0.495 e. The molecule has 8 nitrogen and oxygen atoms in total. The van der Waals surface area contributed by atoms with Gasteiger partial charge < -0.3 is 24.1 Å². The molecular weight excluding hydrogens is 376 g/mol. The van der Waals surface area contributed by atoms with Crippen molar-refractivity contribution in [3.05, 3.63) is 47.9 Å². The molecule has 0 spiro atoms. The lowest BCUT2D eigenvalue weighted by Gasteiger charge is -2.24. The summed E-state index contributed by atoms with van der Waals surface area (Å²) in [7, 11) is 1.51. The van der Waals surface area contributed by atoms with E-state index in [9.17, 15) is 14.4 Å². The second-order valence-electron chi connectivity index (χ2n) is 6.91. The molecule has 1 N–H and O–H groups in total. The molecule has 3 rings (SSSR count). The second kappa shape index (κ2) is 8.81. The average Bonchev–Trinajstić information content (AvgIpc) is 3.39. The molecule has 2 aromatic rings. The molecule has 0 aliphatic carbocycles. The van der Waals surface area contributed by atoms with Crippen LogP contribution in [0.25, 0.3) is 0 Å². The molecule has 8 heteroatoms. The maximum absolute atomic E-state index is 12.6. The molecule has 1 aromatic heterocycles. The molecule has 2 atom stereocenters. The second-order valence-corrected chi connectivity index (χ2v) is 6.91. The summed E-state index contributed by atoms with van der Waals surface area (Å²) in [6.07, 6.45) is 1.52. The van der Waals surface area contributed by atoms with Gasteiger partial charge in [0.15, 0.2) is 11.9 Å². The first-order valence-electron chi connectivity index (χ1n) is 9.41. The van der Waals surface area contributed by atoms with E-state index in [-0.39, 0.29) is 11.7 Å². The molecule has 1 aromatic carbocycles. The standard InChI is InChI=1S/C21H24N2O6/c1-13-8-9-17(27-3)15(12-13)22-19(24)14(2)29-21(26)16-6-4-10-23(16)20(25)18-7-5-11-28-18/h5,7-9,11-12,14,16H,4,6,10H2,1-3H3,(H,22,24)/t14-,16-/m0/s1.